The largest absolute Gasteiger partial charge is 0.476 e. The topological polar surface area (TPSA) is 83.4 Å². The minimum Gasteiger partial charge on any atom is -0.476 e. The summed E-state index contributed by atoms with van der Waals surface area (Å²) in [6.07, 6.45) is 3.29. The zero-order valence-corrected chi connectivity index (χ0v) is 13.2. The highest BCUT2D eigenvalue weighted by Gasteiger charge is 2.21. The molecule has 1 aromatic rings. The summed E-state index contributed by atoms with van der Waals surface area (Å²) in [6.45, 7) is 3.75. The molecule has 2 heterocycles. The van der Waals surface area contributed by atoms with Crippen molar-refractivity contribution >= 4 is 35.2 Å². The summed E-state index contributed by atoms with van der Waals surface area (Å²) in [6, 6.07) is 0. The molecule has 6 nitrogen and oxygen atoms in total. The lowest BCUT2D eigenvalue weighted by Gasteiger charge is -2.30. The van der Waals surface area contributed by atoms with E-state index >= 15 is 0 Å². The highest BCUT2D eigenvalue weighted by Crippen LogP contribution is 2.20. The molecule has 0 atom stereocenters. The second kappa shape index (κ2) is 7.09. The molecule has 0 aliphatic carbocycles. The van der Waals surface area contributed by atoms with E-state index in [2.05, 4.69) is 16.9 Å². The molecule has 1 aliphatic heterocycles. The van der Waals surface area contributed by atoms with E-state index in [4.69, 9.17) is 16.7 Å². The quantitative estimate of drug-likeness (QED) is 0.673. The molecule has 21 heavy (non-hydrogen) atoms. The lowest BCUT2D eigenvalue weighted by atomic mass is 9.99. The molecule has 1 aliphatic rings. The fourth-order valence-corrected chi connectivity index (χ4v) is 2.94. The van der Waals surface area contributed by atoms with Gasteiger partial charge in [-0.2, -0.15) is 0 Å². The Morgan fingerprint density at radius 3 is 2.76 bits per heavy atom. The molecule has 1 fully saturated rings. The maximum absolute atomic E-state index is 12.1. The summed E-state index contributed by atoms with van der Waals surface area (Å²) < 4.78 is 0. The Bertz CT molecular complexity index is 547. The summed E-state index contributed by atoms with van der Waals surface area (Å²) in [4.78, 5) is 32.6. The number of thioether (sulfide) groups is 1. The fourth-order valence-electron chi connectivity index (χ4n) is 2.05. The van der Waals surface area contributed by atoms with Gasteiger partial charge in [-0.3, -0.25) is 4.79 Å². The highest BCUT2D eigenvalue weighted by atomic mass is 35.5. The summed E-state index contributed by atoms with van der Waals surface area (Å²) in [7, 11) is 0. The lowest BCUT2D eigenvalue weighted by molar-refractivity contribution is -0.129. The number of piperidine rings is 1. The van der Waals surface area contributed by atoms with Crippen molar-refractivity contribution in [1.82, 2.24) is 14.9 Å². The number of amides is 1. The molecule has 1 saturated heterocycles. The minimum atomic E-state index is -1.21. The van der Waals surface area contributed by atoms with E-state index in [1.165, 1.54) is 6.20 Å². The van der Waals surface area contributed by atoms with Crippen LogP contribution in [0.25, 0.3) is 0 Å². The van der Waals surface area contributed by atoms with Crippen molar-refractivity contribution in [2.75, 3.05) is 18.8 Å². The van der Waals surface area contributed by atoms with Crippen LogP contribution in [0.15, 0.2) is 11.4 Å². The number of rotatable bonds is 4. The predicted molar refractivity (Wildman–Crippen MR) is 79.7 cm³/mol. The van der Waals surface area contributed by atoms with Gasteiger partial charge >= 0.3 is 5.97 Å². The Balaban J connectivity index is 1.92. The van der Waals surface area contributed by atoms with Crippen LogP contribution in [-0.2, 0) is 4.79 Å². The molecule has 0 saturated carbocycles. The van der Waals surface area contributed by atoms with E-state index in [0.29, 0.717) is 5.92 Å². The van der Waals surface area contributed by atoms with Crippen molar-refractivity contribution in [3.63, 3.8) is 0 Å². The average molecular weight is 330 g/mol. The number of aromatic carboxylic acids is 1. The molecule has 0 spiro atoms. The average Bonchev–Trinajstić information content (AvgIpc) is 2.46. The van der Waals surface area contributed by atoms with E-state index < -0.39 is 5.97 Å². The molecule has 1 aromatic heterocycles. The first-order chi connectivity index (χ1) is 9.97. The number of carboxylic acid groups (broad SMARTS) is 1. The van der Waals surface area contributed by atoms with Crippen LogP contribution in [0.5, 0.6) is 0 Å². The third-order valence-corrected chi connectivity index (χ3v) is 4.51. The molecule has 0 bridgehead atoms. The number of nitrogens with zero attached hydrogens (tertiary/aromatic N) is 3. The van der Waals surface area contributed by atoms with Gasteiger partial charge in [-0.05, 0) is 18.8 Å². The highest BCUT2D eigenvalue weighted by molar-refractivity contribution is 7.99. The van der Waals surface area contributed by atoms with Crippen LogP contribution in [0.4, 0.5) is 0 Å². The Kier molecular flexibility index (Phi) is 5.41. The molecule has 114 valence electrons. The van der Waals surface area contributed by atoms with Crippen LogP contribution in [0.2, 0.25) is 5.02 Å². The van der Waals surface area contributed by atoms with Gasteiger partial charge in [-0.15, -0.1) is 0 Å². The van der Waals surface area contributed by atoms with Gasteiger partial charge in [0.05, 0.1) is 17.0 Å². The molecular weight excluding hydrogens is 314 g/mol. The van der Waals surface area contributed by atoms with Gasteiger partial charge in [-0.1, -0.05) is 30.3 Å². The van der Waals surface area contributed by atoms with Gasteiger partial charge in [0, 0.05) is 13.1 Å². The van der Waals surface area contributed by atoms with Crippen molar-refractivity contribution in [3.05, 3.63) is 16.9 Å². The standard InChI is InChI=1S/C13H16ClN3O3S/c1-8-2-4-17(5-3-8)10(18)7-21-13-15-6-9(14)11(16-13)12(19)20/h6,8H,2-5,7H2,1H3,(H,19,20). The van der Waals surface area contributed by atoms with Gasteiger partial charge in [0.1, 0.15) is 0 Å². The van der Waals surface area contributed by atoms with Gasteiger partial charge < -0.3 is 10.0 Å². The zero-order chi connectivity index (χ0) is 15.4. The first-order valence-electron chi connectivity index (χ1n) is 6.63. The normalized spacial score (nSPS) is 16.0. The number of likely N-dealkylation sites (tertiary alicyclic amines) is 1. The van der Waals surface area contributed by atoms with Crippen molar-refractivity contribution in [2.45, 2.75) is 24.9 Å². The number of hydrogen-bond donors (Lipinski definition) is 1. The van der Waals surface area contributed by atoms with Gasteiger partial charge in [0.25, 0.3) is 0 Å². The van der Waals surface area contributed by atoms with E-state index in [1.807, 2.05) is 4.90 Å². The van der Waals surface area contributed by atoms with Crippen LogP contribution in [0, 0.1) is 5.92 Å². The summed E-state index contributed by atoms with van der Waals surface area (Å²) >= 11 is 6.83. The number of carboxylic acids is 1. The van der Waals surface area contributed by atoms with Crippen LogP contribution in [0.3, 0.4) is 0 Å². The van der Waals surface area contributed by atoms with E-state index in [1.54, 1.807) is 0 Å². The van der Waals surface area contributed by atoms with Crippen molar-refractivity contribution in [2.24, 2.45) is 5.92 Å². The first kappa shape index (κ1) is 16.0. The number of aromatic nitrogens is 2. The maximum atomic E-state index is 12.1. The Labute approximate surface area is 131 Å². The second-order valence-corrected chi connectivity index (χ2v) is 6.36. The van der Waals surface area contributed by atoms with Crippen LogP contribution in [0.1, 0.15) is 30.3 Å². The molecule has 2 rings (SSSR count). The number of hydrogen-bond acceptors (Lipinski definition) is 5. The summed E-state index contributed by atoms with van der Waals surface area (Å²) in [5.41, 5.74) is -0.242. The Hall–Kier alpha value is -1.34. The minimum absolute atomic E-state index is 0.0109. The van der Waals surface area contributed by atoms with Gasteiger partial charge in [-0.25, -0.2) is 14.8 Å². The Morgan fingerprint density at radius 1 is 1.48 bits per heavy atom. The van der Waals surface area contributed by atoms with Gasteiger partial charge in [0.2, 0.25) is 5.91 Å². The molecule has 0 unspecified atom stereocenters. The van der Waals surface area contributed by atoms with E-state index in [9.17, 15) is 9.59 Å². The molecular formula is C13H16ClN3O3S. The SMILES string of the molecule is CC1CCN(C(=O)CSc2ncc(Cl)c(C(=O)O)n2)CC1. The van der Waals surface area contributed by atoms with Crippen molar-refractivity contribution < 1.29 is 14.7 Å². The summed E-state index contributed by atoms with van der Waals surface area (Å²) in [5.74, 6) is -0.308. The van der Waals surface area contributed by atoms with E-state index in [0.717, 1.165) is 37.7 Å². The van der Waals surface area contributed by atoms with Crippen LogP contribution < -0.4 is 0 Å². The monoisotopic (exact) mass is 329 g/mol. The van der Waals surface area contributed by atoms with Crippen LogP contribution in [-0.4, -0.2) is 50.7 Å². The molecule has 1 N–H and O–H groups in total. The first-order valence-corrected chi connectivity index (χ1v) is 8.00. The van der Waals surface area contributed by atoms with Crippen molar-refractivity contribution in [1.29, 1.82) is 0 Å². The fraction of sp³-hybridized carbons (Fsp3) is 0.538. The lowest BCUT2D eigenvalue weighted by Crippen LogP contribution is -2.38. The number of carbonyl (C=O) groups is 2. The summed E-state index contributed by atoms with van der Waals surface area (Å²) in [5, 5.41) is 9.17. The van der Waals surface area contributed by atoms with E-state index in [-0.39, 0.29) is 27.5 Å². The second-order valence-electron chi connectivity index (χ2n) is 5.01. The predicted octanol–water partition coefficient (Wildman–Crippen LogP) is 2.18. The molecule has 1 amide bonds. The van der Waals surface area contributed by atoms with Gasteiger partial charge in [0.15, 0.2) is 10.9 Å². The third kappa shape index (κ3) is 4.31. The molecule has 8 heteroatoms. The zero-order valence-electron chi connectivity index (χ0n) is 11.6. The third-order valence-electron chi connectivity index (χ3n) is 3.39. The number of carbonyl (C=O) groups excluding carboxylic acids is 1. The molecule has 0 radical (unpaired) electrons. The van der Waals surface area contributed by atoms with Crippen LogP contribution >= 0.6 is 23.4 Å². The molecule has 0 aromatic carbocycles. The Morgan fingerprint density at radius 2 is 2.14 bits per heavy atom. The van der Waals surface area contributed by atoms with Crippen molar-refractivity contribution in [3.8, 4) is 0 Å². The smallest absolute Gasteiger partial charge is 0.356 e. The maximum Gasteiger partial charge on any atom is 0.356 e. The number of halogens is 1.